The second-order valence-electron chi connectivity index (χ2n) is 7.09. The number of rotatable bonds is 6. The predicted molar refractivity (Wildman–Crippen MR) is 99.3 cm³/mol. The molecule has 0 amide bonds. The van der Waals surface area contributed by atoms with Crippen LogP contribution in [0.15, 0.2) is 54.7 Å². The molecule has 0 radical (unpaired) electrons. The van der Waals surface area contributed by atoms with Gasteiger partial charge in [-0.05, 0) is 29.8 Å². The van der Waals surface area contributed by atoms with Crippen LogP contribution in [-0.4, -0.2) is 24.2 Å². The predicted octanol–water partition coefficient (Wildman–Crippen LogP) is 5.02. The summed E-state index contributed by atoms with van der Waals surface area (Å²) >= 11 is 0. The maximum absolute atomic E-state index is 5.98. The summed E-state index contributed by atoms with van der Waals surface area (Å²) in [6, 6.07) is 17.9. The molecule has 0 aliphatic heterocycles. The first-order valence-corrected chi connectivity index (χ1v) is 11.8. The number of ether oxygens (including phenoxy) is 1. The number of hydrogen-bond donors (Lipinski definition) is 0. The van der Waals surface area contributed by atoms with E-state index in [1.54, 1.807) is 0 Å². The van der Waals surface area contributed by atoms with Gasteiger partial charge in [0.05, 0.1) is 5.69 Å². The van der Waals surface area contributed by atoms with E-state index in [9.17, 15) is 0 Å². The highest BCUT2D eigenvalue weighted by atomic mass is 28.3. The van der Waals surface area contributed by atoms with Gasteiger partial charge in [0, 0.05) is 26.3 Å². The zero-order chi connectivity index (χ0) is 16.3. The minimum Gasteiger partial charge on any atom is -0.361 e. The molecule has 2 aromatic heterocycles. The van der Waals surface area contributed by atoms with Gasteiger partial charge in [0.1, 0.15) is 12.4 Å². The third-order valence-corrected chi connectivity index (χ3v) is 5.65. The summed E-state index contributed by atoms with van der Waals surface area (Å²) in [5, 5.41) is 1.15. The largest absolute Gasteiger partial charge is 0.361 e. The molecule has 2 heterocycles. The zero-order valence-electron chi connectivity index (χ0n) is 14.1. The molecule has 0 aliphatic rings. The molecule has 23 heavy (non-hydrogen) atoms. The summed E-state index contributed by atoms with van der Waals surface area (Å²) in [6.07, 6.45) is 1.84. The Morgan fingerprint density at radius 1 is 1.04 bits per heavy atom. The molecule has 4 heteroatoms. The first-order chi connectivity index (χ1) is 11.0. The van der Waals surface area contributed by atoms with Gasteiger partial charge in [0.15, 0.2) is 0 Å². The van der Waals surface area contributed by atoms with Gasteiger partial charge in [-0.2, -0.15) is 0 Å². The molecule has 3 rings (SSSR count). The molecule has 0 unspecified atom stereocenters. The van der Waals surface area contributed by atoms with E-state index < -0.39 is 8.07 Å². The van der Waals surface area contributed by atoms with E-state index in [-0.39, 0.29) is 0 Å². The van der Waals surface area contributed by atoms with Crippen LogP contribution in [0.5, 0.6) is 0 Å². The Bertz CT molecular complexity index is 775. The molecule has 0 bridgehead atoms. The first-order valence-electron chi connectivity index (χ1n) is 8.12. The van der Waals surface area contributed by atoms with Gasteiger partial charge < -0.3 is 9.30 Å². The molecular formula is C19H24N2OSi. The van der Waals surface area contributed by atoms with Crippen molar-refractivity contribution in [2.24, 2.45) is 0 Å². The normalized spacial score (nSPS) is 12.0. The standard InChI is InChI=1S/C19H24N2OSi/c1-23(2,3)13-12-22-15-21-18(16-8-5-4-6-9-16)14-17-10-7-11-20-19(17)21/h4-11,14H,12-13,15H2,1-3H3. The van der Waals surface area contributed by atoms with Gasteiger partial charge in [-0.25, -0.2) is 4.98 Å². The van der Waals surface area contributed by atoms with Crippen molar-refractivity contribution in [1.82, 2.24) is 9.55 Å². The van der Waals surface area contributed by atoms with E-state index in [1.165, 1.54) is 11.6 Å². The van der Waals surface area contributed by atoms with E-state index in [0.29, 0.717) is 6.73 Å². The van der Waals surface area contributed by atoms with Crippen molar-refractivity contribution < 1.29 is 4.74 Å². The Morgan fingerprint density at radius 3 is 2.57 bits per heavy atom. The highest BCUT2D eigenvalue weighted by Crippen LogP contribution is 2.27. The van der Waals surface area contributed by atoms with Crippen molar-refractivity contribution in [2.75, 3.05) is 6.61 Å². The molecular weight excluding hydrogens is 300 g/mol. The van der Waals surface area contributed by atoms with Crippen LogP contribution in [0.1, 0.15) is 0 Å². The maximum atomic E-state index is 5.98. The van der Waals surface area contributed by atoms with Crippen LogP contribution >= 0.6 is 0 Å². The number of aromatic nitrogens is 2. The first kappa shape index (κ1) is 16.0. The second-order valence-corrected chi connectivity index (χ2v) is 12.7. The lowest BCUT2D eigenvalue weighted by Gasteiger charge is -2.16. The Labute approximate surface area is 138 Å². The number of fused-ring (bicyclic) bond motifs is 1. The smallest absolute Gasteiger partial charge is 0.142 e. The summed E-state index contributed by atoms with van der Waals surface area (Å²) in [4.78, 5) is 4.55. The van der Waals surface area contributed by atoms with Crippen molar-refractivity contribution in [3.05, 3.63) is 54.7 Å². The third kappa shape index (κ3) is 3.89. The Morgan fingerprint density at radius 2 is 1.83 bits per heavy atom. The highest BCUT2D eigenvalue weighted by molar-refractivity contribution is 6.76. The van der Waals surface area contributed by atoms with Gasteiger partial charge in [0.2, 0.25) is 0 Å². The summed E-state index contributed by atoms with van der Waals surface area (Å²) < 4.78 is 8.16. The Kier molecular flexibility index (Phi) is 4.64. The molecule has 3 nitrogen and oxygen atoms in total. The molecule has 3 aromatic rings. The molecule has 120 valence electrons. The van der Waals surface area contributed by atoms with Crippen LogP contribution in [0, 0.1) is 0 Å². The number of benzene rings is 1. The van der Waals surface area contributed by atoms with Gasteiger partial charge in [-0.1, -0.05) is 50.0 Å². The van der Waals surface area contributed by atoms with Crippen LogP contribution in [0.4, 0.5) is 0 Å². The van der Waals surface area contributed by atoms with Crippen LogP contribution in [-0.2, 0) is 11.5 Å². The number of pyridine rings is 1. The lowest BCUT2D eigenvalue weighted by atomic mass is 10.1. The summed E-state index contributed by atoms with van der Waals surface area (Å²) in [5.41, 5.74) is 3.34. The van der Waals surface area contributed by atoms with Crippen molar-refractivity contribution in [2.45, 2.75) is 32.4 Å². The average molecular weight is 325 g/mol. The van der Waals surface area contributed by atoms with E-state index >= 15 is 0 Å². The molecule has 0 aliphatic carbocycles. The van der Waals surface area contributed by atoms with Crippen molar-refractivity contribution >= 4 is 19.1 Å². The topological polar surface area (TPSA) is 27.1 Å². The fourth-order valence-electron chi connectivity index (χ4n) is 2.60. The highest BCUT2D eigenvalue weighted by Gasteiger charge is 2.14. The maximum Gasteiger partial charge on any atom is 0.142 e. The second kappa shape index (κ2) is 6.68. The quantitative estimate of drug-likeness (QED) is 0.470. The fraction of sp³-hybridized carbons (Fsp3) is 0.316. The van der Waals surface area contributed by atoms with E-state index in [1.807, 2.05) is 18.3 Å². The monoisotopic (exact) mass is 324 g/mol. The SMILES string of the molecule is C[Si](C)(C)CCOCn1c(-c2ccccc2)cc2cccnc21. The van der Waals surface area contributed by atoms with Crippen LogP contribution in [0.25, 0.3) is 22.3 Å². The Hall–Kier alpha value is -1.91. The minimum atomic E-state index is -1.06. The van der Waals surface area contributed by atoms with Crippen molar-refractivity contribution in [3.63, 3.8) is 0 Å². The fourth-order valence-corrected chi connectivity index (χ4v) is 3.36. The molecule has 0 fully saturated rings. The van der Waals surface area contributed by atoms with Crippen molar-refractivity contribution in [3.8, 4) is 11.3 Å². The zero-order valence-corrected chi connectivity index (χ0v) is 15.1. The molecule has 0 saturated heterocycles. The van der Waals surface area contributed by atoms with Crippen LogP contribution in [0.2, 0.25) is 25.7 Å². The molecule has 0 N–H and O–H groups in total. The van der Waals surface area contributed by atoms with E-state index in [0.717, 1.165) is 23.3 Å². The summed E-state index contributed by atoms with van der Waals surface area (Å²) in [5.74, 6) is 0. The van der Waals surface area contributed by atoms with Gasteiger partial charge >= 0.3 is 0 Å². The molecule has 1 aromatic carbocycles. The van der Waals surface area contributed by atoms with E-state index in [4.69, 9.17) is 4.74 Å². The van der Waals surface area contributed by atoms with Gasteiger partial charge in [0.25, 0.3) is 0 Å². The van der Waals surface area contributed by atoms with Gasteiger partial charge in [-0.3, -0.25) is 0 Å². The molecule has 0 spiro atoms. The lowest BCUT2D eigenvalue weighted by Crippen LogP contribution is -2.22. The number of hydrogen-bond acceptors (Lipinski definition) is 2. The van der Waals surface area contributed by atoms with E-state index in [2.05, 4.69) is 65.6 Å². The lowest BCUT2D eigenvalue weighted by molar-refractivity contribution is 0.0909. The summed E-state index contributed by atoms with van der Waals surface area (Å²) in [7, 11) is -1.06. The van der Waals surface area contributed by atoms with Gasteiger partial charge in [-0.15, -0.1) is 0 Å². The minimum absolute atomic E-state index is 0.551. The van der Waals surface area contributed by atoms with Crippen molar-refractivity contribution in [1.29, 1.82) is 0 Å². The third-order valence-electron chi connectivity index (χ3n) is 3.94. The molecule has 0 saturated carbocycles. The molecule has 0 atom stereocenters. The summed E-state index contributed by atoms with van der Waals surface area (Å²) in [6.45, 7) is 8.49. The number of nitrogens with zero attached hydrogens (tertiary/aromatic N) is 2. The van der Waals surface area contributed by atoms with Crippen LogP contribution in [0.3, 0.4) is 0 Å². The Balaban J connectivity index is 1.88. The van der Waals surface area contributed by atoms with Crippen LogP contribution < -0.4 is 0 Å². The average Bonchev–Trinajstić information content (AvgIpc) is 2.90.